The zero-order valence-electron chi connectivity index (χ0n) is 10.8. The molecular formula is C11H17ClN6. The van der Waals surface area contributed by atoms with Gasteiger partial charge in [0.05, 0.1) is 0 Å². The van der Waals surface area contributed by atoms with Crippen LogP contribution in [0.1, 0.15) is 12.5 Å². The van der Waals surface area contributed by atoms with Crippen LogP contribution in [0.2, 0.25) is 5.15 Å². The number of nitrogens with zero attached hydrogens (tertiary/aromatic N) is 5. The molecule has 2 rings (SSSR count). The first-order valence-corrected chi connectivity index (χ1v) is 6.29. The van der Waals surface area contributed by atoms with Crippen molar-refractivity contribution in [1.29, 1.82) is 0 Å². The summed E-state index contributed by atoms with van der Waals surface area (Å²) in [6, 6.07) is 0. The summed E-state index contributed by atoms with van der Waals surface area (Å²) >= 11 is 6.08. The van der Waals surface area contributed by atoms with Gasteiger partial charge in [0.2, 0.25) is 0 Å². The van der Waals surface area contributed by atoms with Crippen molar-refractivity contribution >= 4 is 23.2 Å². The largest absolute Gasteiger partial charge is 0.368 e. The molecule has 0 saturated carbocycles. The Morgan fingerprint density at radius 2 is 2.28 bits per heavy atom. The number of anilines is 1. The monoisotopic (exact) mass is 268 g/mol. The summed E-state index contributed by atoms with van der Waals surface area (Å²) in [6.45, 7) is 6.84. The zero-order valence-corrected chi connectivity index (χ0v) is 11.6. The van der Waals surface area contributed by atoms with Crippen LogP contribution in [0.25, 0.3) is 5.78 Å². The van der Waals surface area contributed by atoms with Gasteiger partial charge in [0.1, 0.15) is 17.3 Å². The van der Waals surface area contributed by atoms with Gasteiger partial charge >= 0.3 is 0 Å². The number of nitrogens with one attached hydrogen (secondary N) is 1. The molecule has 0 aliphatic rings. The van der Waals surface area contributed by atoms with Crippen molar-refractivity contribution in [3.05, 3.63) is 17.0 Å². The predicted molar refractivity (Wildman–Crippen MR) is 72.2 cm³/mol. The van der Waals surface area contributed by atoms with E-state index in [4.69, 9.17) is 11.6 Å². The van der Waals surface area contributed by atoms with Crippen molar-refractivity contribution in [3.8, 4) is 0 Å². The molecule has 2 heterocycles. The van der Waals surface area contributed by atoms with Crippen LogP contribution in [0.3, 0.4) is 0 Å². The van der Waals surface area contributed by atoms with Gasteiger partial charge in [0.25, 0.3) is 5.78 Å². The molecule has 2 aromatic rings. The SMILES string of the molecule is CCN(C)CCNc1c(C)c(Cl)nc2ncnn12. The van der Waals surface area contributed by atoms with Gasteiger partial charge < -0.3 is 10.2 Å². The second kappa shape index (κ2) is 5.49. The lowest BCUT2D eigenvalue weighted by molar-refractivity contribution is 0.367. The molecule has 0 aliphatic carbocycles. The fraction of sp³-hybridized carbons (Fsp3) is 0.545. The van der Waals surface area contributed by atoms with Crippen LogP contribution in [0, 0.1) is 6.92 Å². The van der Waals surface area contributed by atoms with E-state index in [0.29, 0.717) is 10.9 Å². The second-order valence-electron chi connectivity index (χ2n) is 4.17. The van der Waals surface area contributed by atoms with Crippen molar-refractivity contribution < 1.29 is 0 Å². The van der Waals surface area contributed by atoms with Crippen LogP contribution in [0.4, 0.5) is 5.82 Å². The number of fused-ring (bicyclic) bond motifs is 1. The molecule has 0 aromatic carbocycles. The normalized spacial score (nSPS) is 11.4. The maximum atomic E-state index is 6.08. The maximum absolute atomic E-state index is 6.08. The lowest BCUT2D eigenvalue weighted by atomic mass is 10.3. The summed E-state index contributed by atoms with van der Waals surface area (Å²) < 4.78 is 1.67. The Bertz CT molecular complexity index is 538. The topological polar surface area (TPSA) is 58.3 Å². The molecule has 0 radical (unpaired) electrons. The Morgan fingerprint density at radius 3 is 3.00 bits per heavy atom. The van der Waals surface area contributed by atoms with Gasteiger partial charge in [0.15, 0.2) is 0 Å². The van der Waals surface area contributed by atoms with E-state index >= 15 is 0 Å². The highest BCUT2D eigenvalue weighted by molar-refractivity contribution is 6.30. The molecule has 18 heavy (non-hydrogen) atoms. The Labute approximate surface area is 111 Å². The molecule has 0 fully saturated rings. The molecule has 0 amide bonds. The van der Waals surface area contributed by atoms with Gasteiger partial charge in [-0.15, -0.1) is 0 Å². The number of hydrogen-bond acceptors (Lipinski definition) is 5. The Hall–Kier alpha value is -1.40. The molecule has 0 atom stereocenters. The average Bonchev–Trinajstić information content (AvgIpc) is 2.81. The number of hydrogen-bond donors (Lipinski definition) is 1. The minimum Gasteiger partial charge on any atom is -0.368 e. The van der Waals surface area contributed by atoms with Gasteiger partial charge in [0, 0.05) is 18.7 Å². The van der Waals surface area contributed by atoms with Crippen LogP contribution in [0.5, 0.6) is 0 Å². The first-order valence-electron chi connectivity index (χ1n) is 5.91. The summed E-state index contributed by atoms with van der Waals surface area (Å²) in [5.41, 5.74) is 0.883. The smallest absolute Gasteiger partial charge is 0.255 e. The molecule has 7 heteroatoms. The van der Waals surface area contributed by atoms with Crippen LogP contribution in [0.15, 0.2) is 6.33 Å². The van der Waals surface area contributed by atoms with Crippen molar-refractivity contribution in [2.45, 2.75) is 13.8 Å². The van der Waals surface area contributed by atoms with Crippen LogP contribution in [-0.4, -0.2) is 51.2 Å². The minimum absolute atomic E-state index is 0.460. The summed E-state index contributed by atoms with van der Waals surface area (Å²) in [4.78, 5) is 10.4. The average molecular weight is 269 g/mol. The molecule has 98 valence electrons. The zero-order chi connectivity index (χ0) is 13.1. The highest BCUT2D eigenvalue weighted by atomic mass is 35.5. The van der Waals surface area contributed by atoms with E-state index < -0.39 is 0 Å². The molecule has 1 N–H and O–H groups in total. The third kappa shape index (κ3) is 2.54. The van der Waals surface area contributed by atoms with Crippen molar-refractivity contribution in [2.75, 3.05) is 32.0 Å². The quantitative estimate of drug-likeness (QED) is 0.832. The van der Waals surface area contributed by atoms with Crippen LogP contribution in [-0.2, 0) is 0 Å². The molecule has 0 saturated heterocycles. The first kappa shape index (κ1) is 13.0. The number of halogens is 1. The van der Waals surface area contributed by atoms with Crippen LogP contribution < -0.4 is 5.32 Å². The van der Waals surface area contributed by atoms with Gasteiger partial charge in [-0.05, 0) is 20.5 Å². The summed E-state index contributed by atoms with van der Waals surface area (Å²) in [5.74, 6) is 1.36. The molecule has 2 aromatic heterocycles. The number of likely N-dealkylation sites (N-methyl/N-ethyl adjacent to an activating group) is 1. The van der Waals surface area contributed by atoms with Gasteiger partial charge in [-0.1, -0.05) is 18.5 Å². The second-order valence-corrected chi connectivity index (χ2v) is 4.53. The van der Waals surface area contributed by atoms with Crippen molar-refractivity contribution in [1.82, 2.24) is 24.5 Å². The van der Waals surface area contributed by atoms with E-state index in [0.717, 1.165) is 31.0 Å². The van der Waals surface area contributed by atoms with E-state index in [1.807, 2.05) is 6.92 Å². The third-order valence-electron chi connectivity index (χ3n) is 2.93. The summed E-state index contributed by atoms with van der Waals surface area (Å²) in [5, 5.41) is 7.95. The highest BCUT2D eigenvalue weighted by Crippen LogP contribution is 2.21. The van der Waals surface area contributed by atoms with Gasteiger partial charge in [-0.25, -0.2) is 0 Å². The molecule has 0 aliphatic heterocycles. The van der Waals surface area contributed by atoms with Gasteiger partial charge in [-0.3, -0.25) is 0 Å². The minimum atomic E-state index is 0.460. The fourth-order valence-electron chi connectivity index (χ4n) is 1.63. The van der Waals surface area contributed by atoms with E-state index in [1.165, 1.54) is 6.33 Å². The molecule has 6 nitrogen and oxygen atoms in total. The lowest BCUT2D eigenvalue weighted by Crippen LogP contribution is -2.25. The van der Waals surface area contributed by atoms with Crippen molar-refractivity contribution in [2.24, 2.45) is 0 Å². The van der Waals surface area contributed by atoms with E-state index in [-0.39, 0.29) is 0 Å². The number of rotatable bonds is 5. The van der Waals surface area contributed by atoms with E-state index in [9.17, 15) is 0 Å². The molecule has 0 bridgehead atoms. The lowest BCUT2D eigenvalue weighted by Gasteiger charge is -2.16. The van der Waals surface area contributed by atoms with E-state index in [2.05, 4.69) is 39.3 Å². The fourth-order valence-corrected chi connectivity index (χ4v) is 1.79. The molecular weight excluding hydrogens is 252 g/mol. The first-order chi connectivity index (χ1) is 8.63. The standard InChI is InChI=1S/C11H17ClN6/c1-4-17(3)6-5-13-10-8(2)9(12)16-11-14-7-15-18(10)11/h7,13H,4-6H2,1-3H3. The van der Waals surface area contributed by atoms with E-state index in [1.54, 1.807) is 4.52 Å². The Balaban J connectivity index is 2.21. The Kier molecular flexibility index (Phi) is 3.98. The summed E-state index contributed by atoms with van der Waals surface area (Å²) in [6.07, 6.45) is 1.47. The van der Waals surface area contributed by atoms with Crippen LogP contribution >= 0.6 is 11.6 Å². The third-order valence-corrected chi connectivity index (χ3v) is 3.30. The predicted octanol–water partition coefficient (Wildman–Crippen LogP) is 1.45. The molecule has 0 spiro atoms. The molecule has 0 unspecified atom stereocenters. The van der Waals surface area contributed by atoms with Gasteiger partial charge in [-0.2, -0.15) is 19.6 Å². The van der Waals surface area contributed by atoms with Crippen molar-refractivity contribution in [3.63, 3.8) is 0 Å². The highest BCUT2D eigenvalue weighted by Gasteiger charge is 2.11. The maximum Gasteiger partial charge on any atom is 0.255 e. The number of aromatic nitrogens is 4. The Morgan fingerprint density at radius 1 is 1.50 bits per heavy atom. The summed E-state index contributed by atoms with van der Waals surface area (Å²) in [7, 11) is 2.08.